The Labute approximate surface area is 133 Å². The van der Waals surface area contributed by atoms with Crippen molar-refractivity contribution in [1.29, 1.82) is 0 Å². The standard InChI is InChI=1S/C10H5Br2F2N3S2/c11-4-1-2-5(12)6(3-4)15-10(18)8-7(9(13)14)16-17-19-8/h1-3,9H,(H,15,18). The number of nitrogens with one attached hydrogen (secondary N) is 1. The number of hydrogen-bond donors (Lipinski definition) is 1. The van der Waals surface area contributed by atoms with Gasteiger partial charge in [0.05, 0.1) is 5.69 Å². The van der Waals surface area contributed by atoms with Crippen molar-refractivity contribution < 1.29 is 8.78 Å². The first-order chi connectivity index (χ1) is 8.99. The van der Waals surface area contributed by atoms with Gasteiger partial charge in [-0.25, -0.2) is 8.78 Å². The van der Waals surface area contributed by atoms with E-state index in [1.807, 2.05) is 12.1 Å². The van der Waals surface area contributed by atoms with Crippen LogP contribution in [-0.4, -0.2) is 14.6 Å². The summed E-state index contributed by atoms with van der Waals surface area (Å²) in [5.74, 6) is 0. The van der Waals surface area contributed by atoms with E-state index in [-0.39, 0.29) is 9.87 Å². The maximum atomic E-state index is 12.7. The van der Waals surface area contributed by atoms with Gasteiger partial charge in [-0.3, -0.25) is 0 Å². The molecular weight excluding hydrogens is 424 g/mol. The summed E-state index contributed by atoms with van der Waals surface area (Å²) in [4.78, 5) is 0.348. The van der Waals surface area contributed by atoms with Crippen LogP contribution in [0.4, 0.5) is 14.5 Å². The van der Waals surface area contributed by atoms with Crippen LogP contribution in [0.1, 0.15) is 17.0 Å². The zero-order valence-corrected chi connectivity index (χ0v) is 13.8. The number of nitrogens with zero attached hydrogens (tertiary/aromatic N) is 2. The van der Waals surface area contributed by atoms with Gasteiger partial charge in [0.1, 0.15) is 9.87 Å². The maximum Gasteiger partial charge on any atom is 0.283 e. The number of anilines is 1. The first kappa shape index (κ1) is 14.9. The minimum Gasteiger partial charge on any atom is -0.344 e. The van der Waals surface area contributed by atoms with Gasteiger partial charge in [0.25, 0.3) is 6.43 Å². The van der Waals surface area contributed by atoms with Crippen LogP contribution >= 0.6 is 55.6 Å². The number of aromatic nitrogens is 2. The molecule has 0 spiro atoms. The molecule has 100 valence electrons. The highest BCUT2D eigenvalue weighted by atomic mass is 79.9. The van der Waals surface area contributed by atoms with E-state index in [1.54, 1.807) is 6.07 Å². The minimum atomic E-state index is -2.69. The number of hydrogen-bond acceptors (Lipinski definition) is 4. The molecule has 0 amide bonds. The van der Waals surface area contributed by atoms with Crippen molar-refractivity contribution in [3.05, 3.63) is 37.7 Å². The molecular formula is C10H5Br2F2N3S2. The van der Waals surface area contributed by atoms with Gasteiger partial charge in [-0.2, -0.15) is 0 Å². The van der Waals surface area contributed by atoms with Gasteiger partial charge in [0, 0.05) is 8.95 Å². The third-order valence-electron chi connectivity index (χ3n) is 2.10. The second-order valence-corrected chi connectivity index (χ2v) is 6.30. The lowest BCUT2D eigenvalue weighted by molar-refractivity contribution is 0.146. The Morgan fingerprint density at radius 3 is 2.79 bits per heavy atom. The fourth-order valence-electron chi connectivity index (χ4n) is 1.27. The first-order valence-corrected chi connectivity index (χ1v) is 7.62. The molecule has 0 atom stereocenters. The fourth-order valence-corrected chi connectivity index (χ4v) is 2.87. The molecule has 2 aromatic rings. The molecule has 0 saturated carbocycles. The van der Waals surface area contributed by atoms with Gasteiger partial charge >= 0.3 is 0 Å². The van der Waals surface area contributed by atoms with Crippen molar-refractivity contribution in [2.75, 3.05) is 5.32 Å². The predicted octanol–water partition coefficient (Wildman–Crippen LogP) is 4.79. The van der Waals surface area contributed by atoms with Gasteiger partial charge in [0.15, 0.2) is 5.69 Å². The summed E-state index contributed by atoms with van der Waals surface area (Å²) in [5.41, 5.74) is 0.279. The third-order valence-corrected chi connectivity index (χ3v) is 4.48. The molecule has 0 radical (unpaired) electrons. The molecule has 0 aliphatic heterocycles. The highest BCUT2D eigenvalue weighted by Crippen LogP contribution is 2.29. The Bertz CT molecular complexity index is 619. The van der Waals surface area contributed by atoms with Crippen LogP contribution in [0, 0.1) is 0 Å². The van der Waals surface area contributed by atoms with E-state index in [0.29, 0.717) is 5.69 Å². The molecule has 0 unspecified atom stereocenters. The Hall–Kier alpha value is -0.510. The summed E-state index contributed by atoms with van der Waals surface area (Å²) in [5, 5.41) is 6.29. The smallest absolute Gasteiger partial charge is 0.283 e. The highest BCUT2D eigenvalue weighted by molar-refractivity contribution is 9.11. The topological polar surface area (TPSA) is 37.8 Å². The van der Waals surface area contributed by atoms with Crippen molar-refractivity contribution >= 4 is 66.3 Å². The highest BCUT2D eigenvalue weighted by Gasteiger charge is 2.21. The average molecular weight is 429 g/mol. The van der Waals surface area contributed by atoms with E-state index >= 15 is 0 Å². The first-order valence-electron chi connectivity index (χ1n) is 4.86. The minimum absolute atomic E-state index is 0.170. The van der Waals surface area contributed by atoms with Gasteiger partial charge in [-0.05, 0) is 45.7 Å². The van der Waals surface area contributed by atoms with E-state index in [2.05, 4.69) is 46.8 Å². The van der Waals surface area contributed by atoms with Crippen LogP contribution in [0.25, 0.3) is 0 Å². The van der Waals surface area contributed by atoms with Crippen molar-refractivity contribution in [2.45, 2.75) is 6.43 Å². The third kappa shape index (κ3) is 3.53. The lowest BCUT2D eigenvalue weighted by Gasteiger charge is -2.09. The molecule has 1 aromatic carbocycles. The molecule has 19 heavy (non-hydrogen) atoms. The van der Waals surface area contributed by atoms with E-state index in [1.165, 1.54) is 0 Å². The fraction of sp³-hybridized carbons (Fsp3) is 0.100. The maximum absolute atomic E-state index is 12.7. The summed E-state index contributed by atoms with van der Waals surface area (Å²) < 4.78 is 30.5. The molecule has 0 aliphatic rings. The summed E-state index contributed by atoms with van der Waals surface area (Å²) in [7, 11) is 0. The Kier molecular flexibility index (Phi) is 4.93. The van der Waals surface area contributed by atoms with Crippen molar-refractivity contribution in [2.24, 2.45) is 0 Å². The average Bonchev–Trinajstić information content (AvgIpc) is 2.83. The number of thiocarbonyl (C=S) groups is 1. The predicted molar refractivity (Wildman–Crippen MR) is 82.0 cm³/mol. The normalized spacial score (nSPS) is 10.8. The second kappa shape index (κ2) is 6.29. The SMILES string of the molecule is FC(F)c1nnsc1C(=S)Nc1cc(Br)ccc1Br. The van der Waals surface area contributed by atoms with E-state index in [0.717, 1.165) is 20.5 Å². The molecule has 9 heteroatoms. The Morgan fingerprint density at radius 1 is 1.37 bits per heavy atom. The van der Waals surface area contributed by atoms with Crippen molar-refractivity contribution in [3.63, 3.8) is 0 Å². The summed E-state index contributed by atoms with van der Waals surface area (Å²) in [6.07, 6.45) is -2.69. The lowest BCUT2D eigenvalue weighted by Crippen LogP contribution is -2.11. The molecule has 1 N–H and O–H groups in total. The van der Waals surface area contributed by atoms with Gasteiger partial charge in [-0.1, -0.05) is 32.6 Å². The second-order valence-electron chi connectivity index (χ2n) is 3.37. The molecule has 0 aliphatic carbocycles. The number of halogens is 4. The molecule has 1 aromatic heterocycles. The molecule has 2 rings (SSSR count). The largest absolute Gasteiger partial charge is 0.344 e. The van der Waals surface area contributed by atoms with Crippen LogP contribution in [0.5, 0.6) is 0 Å². The number of alkyl halides is 2. The molecule has 1 heterocycles. The monoisotopic (exact) mass is 427 g/mol. The molecule has 0 bridgehead atoms. The Balaban J connectivity index is 2.26. The van der Waals surface area contributed by atoms with Crippen molar-refractivity contribution in [3.8, 4) is 0 Å². The Morgan fingerprint density at radius 2 is 2.11 bits per heavy atom. The van der Waals surface area contributed by atoms with E-state index in [4.69, 9.17) is 12.2 Å². The molecule has 3 nitrogen and oxygen atoms in total. The summed E-state index contributed by atoms with van der Waals surface area (Å²) >= 11 is 12.6. The quantitative estimate of drug-likeness (QED) is 0.713. The van der Waals surface area contributed by atoms with Crippen LogP contribution in [0.2, 0.25) is 0 Å². The van der Waals surface area contributed by atoms with Gasteiger partial charge < -0.3 is 5.32 Å². The van der Waals surface area contributed by atoms with Gasteiger partial charge in [-0.15, -0.1) is 5.10 Å². The van der Waals surface area contributed by atoms with Crippen LogP contribution in [-0.2, 0) is 0 Å². The number of benzene rings is 1. The zero-order chi connectivity index (χ0) is 14.0. The molecule has 0 fully saturated rings. The van der Waals surface area contributed by atoms with Crippen LogP contribution in [0.3, 0.4) is 0 Å². The zero-order valence-electron chi connectivity index (χ0n) is 9.03. The van der Waals surface area contributed by atoms with Crippen molar-refractivity contribution in [1.82, 2.24) is 9.59 Å². The van der Waals surface area contributed by atoms with Gasteiger partial charge in [0.2, 0.25) is 0 Å². The number of rotatable bonds is 3. The summed E-state index contributed by atoms with van der Waals surface area (Å²) in [6, 6.07) is 5.44. The summed E-state index contributed by atoms with van der Waals surface area (Å²) in [6.45, 7) is 0. The van der Waals surface area contributed by atoms with Crippen LogP contribution in [0.15, 0.2) is 27.1 Å². The molecule has 0 saturated heterocycles. The van der Waals surface area contributed by atoms with Crippen LogP contribution < -0.4 is 5.32 Å². The van der Waals surface area contributed by atoms with E-state index in [9.17, 15) is 8.78 Å². The lowest BCUT2D eigenvalue weighted by atomic mass is 10.3. The van der Waals surface area contributed by atoms with E-state index < -0.39 is 12.1 Å².